The number of esters is 1. The maximum Gasteiger partial charge on any atom is 0.391 e. The molecule has 0 aliphatic heterocycles. The number of carbonyl (C=O) groups is 2. The van der Waals surface area contributed by atoms with Crippen molar-refractivity contribution < 1.29 is 14.3 Å². The van der Waals surface area contributed by atoms with Crippen LogP contribution in [-0.2, 0) is 14.3 Å². The number of hydrogen-bond acceptors (Lipinski definition) is 3. The van der Waals surface area contributed by atoms with Crippen molar-refractivity contribution in [1.82, 2.24) is 0 Å². The molecule has 0 heterocycles. The largest absolute Gasteiger partial charge is 0.455 e. The predicted molar refractivity (Wildman–Crippen MR) is 62.1 cm³/mol. The quantitative estimate of drug-likeness (QED) is 0.437. The van der Waals surface area contributed by atoms with Crippen LogP contribution >= 0.6 is 11.6 Å². The van der Waals surface area contributed by atoms with Gasteiger partial charge in [-0.1, -0.05) is 27.2 Å². The minimum atomic E-state index is -1.03. The molecule has 1 rings (SSSR count). The van der Waals surface area contributed by atoms with E-state index in [0.29, 0.717) is 17.8 Å². The number of halogens is 1. The van der Waals surface area contributed by atoms with Crippen LogP contribution in [0.25, 0.3) is 0 Å². The number of carbonyl (C=O) groups excluding carboxylic acids is 2. The van der Waals surface area contributed by atoms with E-state index in [9.17, 15) is 9.59 Å². The Kier molecular flexibility index (Phi) is 4.78. The molecule has 1 saturated carbocycles. The van der Waals surface area contributed by atoms with Crippen LogP contribution in [0.15, 0.2) is 0 Å². The van der Waals surface area contributed by atoms with Crippen molar-refractivity contribution in [3.05, 3.63) is 0 Å². The van der Waals surface area contributed by atoms with Crippen LogP contribution in [0.2, 0.25) is 0 Å². The Balaban J connectivity index is 2.64. The second-order valence-corrected chi connectivity index (χ2v) is 5.39. The van der Waals surface area contributed by atoms with Crippen LogP contribution in [0.4, 0.5) is 0 Å². The van der Waals surface area contributed by atoms with E-state index in [1.807, 2.05) is 0 Å². The summed E-state index contributed by atoms with van der Waals surface area (Å²) < 4.78 is 5.18. The molecule has 0 saturated heterocycles. The first-order valence-electron chi connectivity index (χ1n) is 5.82. The lowest BCUT2D eigenvalue weighted by Crippen LogP contribution is -2.36. The highest BCUT2D eigenvalue weighted by atomic mass is 35.5. The molecule has 0 N–H and O–H groups in total. The number of hydrogen-bond donors (Lipinski definition) is 0. The summed E-state index contributed by atoms with van der Waals surface area (Å²) >= 11 is 5.10. The van der Waals surface area contributed by atoms with E-state index < -0.39 is 11.2 Å². The molecule has 0 radical (unpaired) electrons. The van der Waals surface area contributed by atoms with Crippen LogP contribution in [0.3, 0.4) is 0 Å². The fraction of sp³-hybridized carbons (Fsp3) is 0.833. The van der Waals surface area contributed by atoms with Gasteiger partial charge in [-0.15, -0.1) is 0 Å². The van der Waals surface area contributed by atoms with Gasteiger partial charge in [0, 0.05) is 0 Å². The van der Waals surface area contributed by atoms with E-state index in [1.54, 1.807) is 0 Å². The van der Waals surface area contributed by atoms with Gasteiger partial charge in [0.2, 0.25) is 0 Å². The van der Waals surface area contributed by atoms with E-state index >= 15 is 0 Å². The van der Waals surface area contributed by atoms with Gasteiger partial charge in [-0.25, -0.2) is 4.79 Å². The second kappa shape index (κ2) is 5.67. The molecular weight excluding hydrogens is 228 g/mol. The van der Waals surface area contributed by atoms with Crippen molar-refractivity contribution >= 4 is 22.8 Å². The van der Waals surface area contributed by atoms with Gasteiger partial charge in [0.1, 0.15) is 6.10 Å². The molecule has 0 bridgehead atoms. The fourth-order valence-electron chi connectivity index (χ4n) is 2.43. The third-order valence-electron chi connectivity index (χ3n) is 3.38. The van der Waals surface area contributed by atoms with Gasteiger partial charge in [-0.05, 0) is 42.2 Å². The average molecular weight is 247 g/mol. The molecular formula is C12H19ClO3. The third-order valence-corrected chi connectivity index (χ3v) is 3.53. The molecule has 1 fully saturated rings. The molecule has 16 heavy (non-hydrogen) atoms. The van der Waals surface area contributed by atoms with Gasteiger partial charge in [-0.2, -0.15) is 0 Å². The molecule has 3 nitrogen and oxygen atoms in total. The first-order valence-corrected chi connectivity index (χ1v) is 6.20. The van der Waals surface area contributed by atoms with Crippen molar-refractivity contribution in [3.8, 4) is 0 Å². The van der Waals surface area contributed by atoms with Crippen molar-refractivity contribution in [2.75, 3.05) is 0 Å². The summed E-state index contributed by atoms with van der Waals surface area (Å²) in [5.74, 6) is 0.427. The third kappa shape index (κ3) is 3.48. The van der Waals surface area contributed by atoms with Crippen LogP contribution in [0.5, 0.6) is 0 Å². The van der Waals surface area contributed by atoms with Crippen LogP contribution in [0.1, 0.15) is 40.0 Å². The molecule has 0 spiro atoms. The highest BCUT2D eigenvalue weighted by Crippen LogP contribution is 2.35. The van der Waals surface area contributed by atoms with Gasteiger partial charge < -0.3 is 4.74 Å². The molecule has 1 aliphatic carbocycles. The molecule has 92 valence electrons. The monoisotopic (exact) mass is 246 g/mol. The molecule has 1 aliphatic rings. The highest BCUT2D eigenvalue weighted by molar-refractivity contribution is 6.80. The van der Waals surface area contributed by atoms with Gasteiger partial charge >= 0.3 is 11.2 Å². The summed E-state index contributed by atoms with van der Waals surface area (Å²) in [6.45, 7) is 6.37. The zero-order chi connectivity index (χ0) is 12.3. The minimum Gasteiger partial charge on any atom is -0.455 e. The van der Waals surface area contributed by atoms with E-state index in [1.165, 1.54) is 0 Å². The van der Waals surface area contributed by atoms with Crippen molar-refractivity contribution in [2.45, 2.75) is 46.1 Å². The Morgan fingerprint density at radius 2 is 1.94 bits per heavy atom. The highest BCUT2D eigenvalue weighted by Gasteiger charge is 2.34. The first-order chi connectivity index (χ1) is 7.41. The lowest BCUT2D eigenvalue weighted by molar-refractivity contribution is -0.160. The van der Waals surface area contributed by atoms with E-state index in [2.05, 4.69) is 20.8 Å². The molecule has 0 aromatic heterocycles. The molecule has 0 unspecified atom stereocenters. The Bertz CT molecular complexity index is 275. The summed E-state index contributed by atoms with van der Waals surface area (Å²) in [6.07, 6.45) is 2.89. The number of rotatable bonds is 3. The molecule has 0 amide bonds. The Morgan fingerprint density at radius 1 is 1.31 bits per heavy atom. The van der Waals surface area contributed by atoms with Crippen LogP contribution in [-0.4, -0.2) is 17.3 Å². The van der Waals surface area contributed by atoms with Crippen LogP contribution < -0.4 is 0 Å². The normalized spacial score (nSPS) is 30.2. The first kappa shape index (κ1) is 13.5. The van der Waals surface area contributed by atoms with Crippen LogP contribution in [0, 0.1) is 17.8 Å². The second-order valence-electron chi connectivity index (χ2n) is 5.04. The zero-order valence-electron chi connectivity index (χ0n) is 10.0. The molecule has 4 heteroatoms. The summed E-state index contributed by atoms with van der Waals surface area (Å²) in [5.41, 5.74) is 0. The number of ether oxygens (including phenoxy) is 1. The van der Waals surface area contributed by atoms with E-state index in [4.69, 9.17) is 16.3 Å². The smallest absolute Gasteiger partial charge is 0.391 e. The molecule has 3 atom stereocenters. The van der Waals surface area contributed by atoms with E-state index in [0.717, 1.165) is 19.3 Å². The topological polar surface area (TPSA) is 43.4 Å². The maximum atomic E-state index is 11.2. The van der Waals surface area contributed by atoms with E-state index in [-0.39, 0.29) is 6.10 Å². The molecule has 0 aromatic rings. The fourth-order valence-corrected chi connectivity index (χ4v) is 2.48. The predicted octanol–water partition coefficient (Wildman–Crippen LogP) is 2.76. The lowest BCUT2D eigenvalue weighted by atomic mass is 9.75. The van der Waals surface area contributed by atoms with Gasteiger partial charge in [0.05, 0.1) is 0 Å². The zero-order valence-corrected chi connectivity index (χ0v) is 10.8. The average Bonchev–Trinajstić information content (AvgIpc) is 2.16. The molecule has 0 aromatic carbocycles. The van der Waals surface area contributed by atoms with Gasteiger partial charge in [-0.3, -0.25) is 4.79 Å². The SMILES string of the molecule is CC(C)[C@@H]1CC[C@@H](C)C[C@H]1OC(=O)C(=O)Cl. The lowest BCUT2D eigenvalue weighted by Gasteiger charge is -2.36. The standard InChI is InChI=1S/C12H19ClO3/c1-7(2)9-5-4-8(3)6-10(9)16-12(15)11(13)14/h7-10H,4-6H2,1-3H3/t8-,9+,10-/m1/s1. The summed E-state index contributed by atoms with van der Waals surface area (Å²) in [4.78, 5) is 21.8. The van der Waals surface area contributed by atoms with Crippen molar-refractivity contribution in [1.29, 1.82) is 0 Å². The Labute approximate surface area is 101 Å². The summed E-state index contributed by atoms with van der Waals surface area (Å²) in [6, 6.07) is 0. The van der Waals surface area contributed by atoms with Gasteiger partial charge in [0.15, 0.2) is 0 Å². The minimum absolute atomic E-state index is 0.154. The Morgan fingerprint density at radius 3 is 2.44 bits per heavy atom. The summed E-state index contributed by atoms with van der Waals surface area (Å²) in [5, 5.41) is -1.03. The van der Waals surface area contributed by atoms with Gasteiger partial charge in [0.25, 0.3) is 0 Å². The van der Waals surface area contributed by atoms with Crippen molar-refractivity contribution in [3.63, 3.8) is 0 Å². The maximum absolute atomic E-state index is 11.2. The Hall–Kier alpha value is -0.570. The van der Waals surface area contributed by atoms with Crippen molar-refractivity contribution in [2.24, 2.45) is 17.8 Å². The summed E-state index contributed by atoms with van der Waals surface area (Å²) in [7, 11) is 0.